The highest BCUT2D eigenvalue weighted by atomic mass is 19.1. The first-order chi connectivity index (χ1) is 16.0. The van der Waals surface area contributed by atoms with Crippen molar-refractivity contribution in [1.29, 1.82) is 0 Å². The Kier molecular flexibility index (Phi) is 4.58. The lowest BCUT2D eigenvalue weighted by Gasteiger charge is -2.37. The van der Waals surface area contributed by atoms with E-state index in [-0.39, 0.29) is 5.91 Å². The normalized spacial score (nSPS) is 21.2. The third-order valence-corrected chi connectivity index (χ3v) is 6.78. The van der Waals surface area contributed by atoms with Gasteiger partial charge in [-0.1, -0.05) is 0 Å². The SMILES string of the molecule is CNc1cc(-c2cn(C3CN(C)C3)c3ncccc23)nc2c(C(=O)NC3CC[C@@H]3F)cnn12. The summed E-state index contributed by atoms with van der Waals surface area (Å²) in [6, 6.07) is 5.81. The van der Waals surface area contributed by atoms with E-state index in [0.29, 0.717) is 35.9 Å². The standard InChI is InChI=1S/C23H25FN8O/c1-25-20-8-19(16-12-31(13-10-30(2)11-13)21-14(16)4-3-7-26-21)28-22-15(9-27-32(20)22)23(33)29-18-6-5-17(18)24/h3-4,7-9,12-13,17-18,25H,5-6,10-11H2,1-2H3,(H,29,33)/t17-,18?/m0/s1. The molecule has 5 heterocycles. The Morgan fingerprint density at radius 1 is 1.24 bits per heavy atom. The largest absolute Gasteiger partial charge is 0.373 e. The van der Waals surface area contributed by atoms with Gasteiger partial charge in [-0.2, -0.15) is 9.61 Å². The summed E-state index contributed by atoms with van der Waals surface area (Å²) in [7, 11) is 3.91. The third-order valence-electron chi connectivity index (χ3n) is 6.78. The van der Waals surface area contributed by atoms with Crippen LogP contribution in [0.25, 0.3) is 27.9 Å². The van der Waals surface area contributed by atoms with Crippen molar-refractivity contribution in [3.05, 3.63) is 42.4 Å². The summed E-state index contributed by atoms with van der Waals surface area (Å²) in [6.45, 7) is 1.94. The van der Waals surface area contributed by atoms with Gasteiger partial charge >= 0.3 is 0 Å². The van der Waals surface area contributed by atoms with Gasteiger partial charge in [0.05, 0.1) is 24.0 Å². The number of hydrogen-bond acceptors (Lipinski definition) is 6. The Labute approximate surface area is 189 Å². The Hall–Kier alpha value is -3.53. The molecule has 6 rings (SSSR count). The summed E-state index contributed by atoms with van der Waals surface area (Å²) in [5, 5.41) is 11.3. The van der Waals surface area contributed by atoms with E-state index in [2.05, 4.69) is 43.4 Å². The minimum Gasteiger partial charge on any atom is -0.373 e. The van der Waals surface area contributed by atoms with Gasteiger partial charge in [0, 0.05) is 49.5 Å². The zero-order valence-corrected chi connectivity index (χ0v) is 18.5. The van der Waals surface area contributed by atoms with Crippen LogP contribution in [0, 0.1) is 0 Å². The zero-order valence-electron chi connectivity index (χ0n) is 18.5. The second-order valence-electron chi connectivity index (χ2n) is 8.94. The van der Waals surface area contributed by atoms with Crippen molar-refractivity contribution in [1.82, 2.24) is 34.4 Å². The average Bonchev–Trinajstić information content (AvgIpc) is 3.40. The van der Waals surface area contributed by atoms with Gasteiger partial charge in [0.2, 0.25) is 0 Å². The number of fused-ring (bicyclic) bond motifs is 2. The Balaban J connectivity index is 1.46. The number of likely N-dealkylation sites (tertiary alicyclic amines) is 1. The van der Waals surface area contributed by atoms with E-state index in [4.69, 9.17) is 4.98 Å². The molecule has 1 aliphatic carbocycles. The van der Waals surface area contributed by atoms with Crippen LogP contribution in [-0.4, -0.2) is 74.4 Å². The zero-order chi connectivity index (χ0) is 22.7. The molecule has 1 amide bonds. The molecular weight excluding hydrogens is 423 g/mol. The molecule has 2 N–H and O–H groups in total. The van der Waals surface area contributed by atoms with Crippen LogP contribution in [0.15, 0.2) is 36.8 Å². The summed E-state index contributed by atoms with van der Waals surface area (Å²) < 4.78 is 17.5. The van der Waals surface area contributed by atoms with Crippen molar-refractivity contribution in [2.75, 3.05) is 32.5 Å². The Morgan fingerprint density at radius 3 is 2.79 bits per heavy atom. The molecule has 170 valence electrons. The number of nitrogens with zero attached hydrogens (tertiary/aromatic N) is 6. The Bertz CT molecular complexity index is 1370. The molecule has 2 atom stereocenters. The van der Waals surface area contributed by atoms with E-state index >= 15 is 0 Å². The number of likely N-dealkylation sites (N-methyl/N-ethyl adjacent to an activating group) is 1. The van der Waals surface area contributed by atoms with Gasteiger partial charge in [0.15, 0.2) is 5.65 Å². The summed E-state index contributed by atoms with van der Waals surface area (Å²) >= 11 is 0. The first-order valence-electron chi connectivity index (χ1n) is 11.2. The van der Waals surface area contributed by atoms with Gasteiger partial charge in [0.1, 0.15) is 23.2 Å². The van der Waals surface area contributed by atoms with Crippen molar-refractivity contribution < 1.29 is 9.18 Å². The van der Waals surface area contributed by atoms with Crippen molar-refractivity contribution >= 4 is 28.4 Å². The molecule has 0 spiro atoms. The van der Waals surface area contributed by atoms with Crippen LogP contribution in [0.3, 0.4) is 0 Å². The summed E-state index contributed by atoms with van der Waals surface area (Å²) in [4.78, 5) is 24.6. The molecule has 1 aliphatic heterocycles. The van der Waals surface area contributed by atoms with Gasteiger partial charge < -0.3 is 20.1 Å². The Morgan fingerprint density at radius 2 is 2.09 bits per heavy atom. The number of amides is 1. The first-order valence-corrected chi connectivity index (χ1v) is 11.2. The highest BCUT2D eigenvalue weighted by Crippen LogP contribution is 2.34. The fraction of sp³-hybridized carbons (Fsp3) is 0.391. The molecule has 0 radical (unpaired) electrons. The van der Waals surface area contributed by atoms with Crippen LogP contribution in [0.4, 0.5) is 10.2 Å². The fourth-order valence-corrected chi connectivity index (χ4v) is 4.71. The van der Waals surface area contributed by atoms with Crippen LogP contribution in [-0.2, 0) is 0 Å². The summed E-state index contributed by atoms with van der Waals surface area (Å²) in [6.07, 6.45) is 5.54. The topological polar surface area (TPSA) is 92.4 Å². The minimum absolute atomic E-state index is 0.329. The average molecular weight is 449 g/mol. The first kappa shape index (κ1) is 20.1. The summed E-state index contributed by atoms with van der Waals surface area (Å²) in [5.41, 5.74) is 3.34. The van der Waals surface area contributed by atoms with Crippen LogP contribution in [0.2, 0.25) is 0 Å². The monoisotopic (exact) mass is 448 g/mol. The lowest BCUT2D eigenvalue weighted by Crippen LogP contribution is -2.48. The number of rotatable bonds is 5. The molecule has 2 fully saturated rings. The highest BCUT2D eigenvalue weighted by Gasteiger charge is 2.33. The van der Waals surface area contributed by atoms with Crippen molar-refractivity contribution in [3.63, 3.8) is 0 Å². The number of alkyl halides is 1. The quantitative estimate of drug-likeness (QED) is 0.488. The molecule has 1 saturated heterocycles. The predicted octanol–water partition coefficient (Wildman–Crippen LogP) is 2.50. The van der Waals surface area contributed by atoms with Crippen LogP contribution in [0.1, 0.15) is 29.2 Å². The number of halogens is 1. The smallest absolute Gasteiger partial charge is 0.257 e. The van der Waals surface area contributed by atoms with Gasteiger partial charge in [-0.05, 0) is 32.0 Å². The molecule has 2 aliphatic rings. The van der Waals surface area contributed by atoms with E-state index in [1.54, 1.807) is 17.8 Å². The predicted molar refractivity (Wildman–Crippen MR) is 123 cm³/mol. The van der Waals surface area contributed by atoms with Crippen molar-refractivity contribution in [3.8, 4) is 11.3 Å². The molecule has 9 nitrogen and oxygen atoms in total. The second-order valence-corrected chi connectivity index (χ2v) is 8.94. The number of carbonyl (C=O) groups is 1. The molecule has 0 aromatic carbocycles. The van der Waals surface area contributed by atoms with Gasteiger partial charge in [-0.3, -0.25) is 4.79 Å². The number of carbonyl (C=O) groups excluding carboxylic acids is 1. The van der Waals surface area contributed by atoms with Crippen molar-refractivity contribution in [2.45, 2.75) is 31.1 Å². The van der Waals surface area contributed by atoms with Gasteiger partial charge in [0.25, 0.3) is 5.91 Å². The van der Waals surface area contributed by atoms with Crippen LogP contribution >= 0.6 is 0 Å². The molecule has 1 saturated carbocycles. The lowest BCUT2D eigenvalue weighted by molar-refractivity contribution is 0.0826. The maximum absolute atomic E-state index is 13.7. The molecular formula is C23H25FN8O. The number of anilines is 1. The maximum atomic E-state index is 13.7. The minimum atomic E-state index is -0.989. The fourth-order valence-electron chi connectivity index (χ4n) is 4.71. The molecule has 4 aromatic heterocycles. The number of hydrogen-bond donors (Lipinski definition) is 2. The highest BCUT2D eigenvalue weighted by molar-refractivity contribution is 6.01. The second kappa shape index (κ2) is 7.51. The number of aromatic nitrogens is 5. The van der Waals surface area contributed by atoms with Gasteiger partial charge in [-0.15, -0.1) is 0 Å². The van der Waals surface area contributed by atoms with Crippen LogP contribution < -0.4 is 10.6 Å². The lowest BCUT2D eigenvalue weighted by atomic mass is 9.90. The van der Waals surface area contributed by atoms with Crippen molar-refractivity contribution in [2.24, 2.45) is 0 Å². The third kappa shape index (κ3) is 3.16. The van der Waals surface area contributed by atoms with E-state index < -0.39 is 12.2 Å². The molecule has 1 unspecified atom stereocenters. The molecule has 0 bridgehead atoms. The van der Waals surface area contributed by atoms with E-state index in [1.165, 1.54) is 6.20 Å². The molecule has 33 heavy (non-hydrogen) atoms. The maximum Gasteiger partial charge on any atom is 0.257 e. The number of pyridine rings is 1. The molecule has 4 aromatic rings. The van der Waals surface area contributed by atoms with E-state index in [1.807, 2.05) is 18.2 Å². The summed E-state index contributed by atoms with van der Waals surface area (Å²) in [5.74, 6) is 0.347. The van der Waals surface area contributed by atoms with E-state index in [9.17, 15) is 9.18 Å². The van der Waals surface area contributed by atoms with Gasteiger partial charge in [-0.25, -0.2) is 14.4 Å². The molecule has 10 heteroatoms. The number of nitrogens with one attached hydrogen (secondary N) is 2. The van der Waals surface area contributed by atoms with E-state index in [0.717, 1.165) is 35.4 Å². The van der Waals surface area contributed by atoms with Crippen LogP contribution in [0.5, 0.6) is 0 Å².